The van der Waals surface area contributed by atoms with Crippen molar-refractivity contribution in [1.29, 1.82) is 0 Å². The molecule has 0 heterocycles. The molecule has 0 amide bonds. The Morgan fingerprint density at radius 3 is 0.564 bits per heavy atom. The molecule has 0 N–H and O–H groups in total. The van der Waals surface area contributed by atoms with Crippen molar-refractivity contribution >= 4 is 351 Å². The molecule has 1 heteroatoms. The summed E-state index contributed by atoms with van der Waals surface area (Å²) in [6.07, 6.45) is 2.86. The lowest BCUT2D eigenvalue weighted by molar-refractivity contribution is -0.170. The van der Waals surface area contributed by atoms with Gasteiger partial charge in [0.2, 0.25) is 0 Å². The zero-order chi connectivity index (χ0) is 46.0. The van der Waals surface area contributed by atoms with E-state index >= 15 is 4.79 Å². The van der Waals surface area contributed by atoms with Crippen molar-refractivity contribution in [3.63, 3.8) is 0 Å². The minimum Gasteiger partial charge on any atom is -0.299 e. The highest BCUT2D eigenvalue weighted by molar-refractivity contribution is 6.84. The summed E-state index contributed by atoms with van der Waals surface area (Å²) in [6.45, 7) is 2.75. The van der Waals surface area contributed by atoms with Crippen LogP contribution in [0.25, 0.3) is 345 Å². The van der Waals surface area contributed by atoms with E-state index in [2.05, 4.69) is 6.92 Å². The van der Waals surface area contributed by atoms with Crippen LogP contribution in [0.3, 0.4) is 0 Å². The number of rotatable bonds is 0. The van der Waals surface area contributed by atoms with Crippen molar-refractivity contribution in [2.75, 3.05) is 0 Å². The van der Waals surface area contributed by atoms with Gasteiger partial charge in [-0.3, -0.25) is 4.79 Å². The molecule has 2 spiro atoms. The molecule has 33 aromatic rings. The molecule has 6 aliphatic carbocycles. The molecule has 78 heavy (non-hydrogen) atoms. The number of carbonyl (C=O) groups is 1. The Labute approximate surface area is 423 Å². The predicted molar refractivity (Wildman–Crippen MR) is 328 cm³/mol. The van der Waals surface area contributed by atoms with E-state index in [9.17, 15) is 0 Å². The van der Waals surface area contributed by atoms with Crippen LogP contribution in [0.1, 0.15) is 48.4 Å². The van der Waals surface area contributed by atoms with Gasteiger partial charge in [0.25, 0.3) is 0 Å². The van der Waals surface area contributed by atoms with Gasteiger partial charge < -0.3 is 0 Å². The van der Waals surface area contributed by atoms with E-state index in [4.69, 9.17) is 0 Å². The van der Waals surface area contributed by atoms with E-state index < -0.39 is 5.41 Å². The first-order valence-corrected chi connectivity index (χ1v) is 29.8. The number of hydrogen-bond donors (Lipinski definition) is 0. The summed E-state index contributed by atoms with van der Waals surface area (Å²) >= 11 is 0. The van der Waals surface area contributed by atoms with Gasteiger partial charge in [-0.1, -0.05) is 6.92 Å². The van der Waals surface area contributed by atoms with Gasteiger partial charge in [-0.05, 0) is 385 Å². The maximum atomic E-state index is 16.4. The normalized spacial score (nSPS) is 25.9. The second kappa shape index (κ2) is 6.16. The highest BCUT2D eigenvalue weighted by atomic mass is 16.1. The van der Waals surface area contributed by atoms with Gasteiger partial charge in [-0.2, -0.15) is 0 Å². The van der Waals surface area contributed by atoms with Crippen LogP contribution in [0, 0.1) is 11.3 Å². The van der Waals surface area contributed by atoms with Crippen LogP contribution in [0.2, 0.25) is 0 Å². The minimum atomic E-state index is -0.460. The summed E-state index contributed by atoms with van der Waals surface area (Å²) < 4.78 is 0. The third kappa shape index (κ3) is 1.39. The highest BCUT2D eigenvalue weighted by Gasteiger charge is 2.87. The quantitative estimate of drug-likeness (QED) is 0.109. The SMILES string of the molecule is C[C@@]12CCCC(=O)[C@@H]1C13c4c5c6c7c8c9c(c%10c%11c1c1c4c4c%12c5c5c6c6c8c8c%13c9c9c%10c%10c%14c%11c%11c1c1c4c4c%12c%12c5c5c6c8c6c8c%13c%13c9c%10c9c%10c%14c%11c%11c1c1c4c4c%12c5c6c5c4c4c1c%11c%10c1c9c%13c8c5c14)C732. The van der Waals surface area contributed by atoms with E-state index in [1.165, 1.54) is 0 Å². The minimum absolute atomic E-state index is 0.0534. The average molecular weight is 951 g/mol. The van der Waals surface area contributed by atoms with Gasteiger partial charge in [0, 0.05) is 23.2 Å². The summed E-state index contributed by atoms with van der Waals surface area (Å²) in [5.74, 6) is 0.532. The molecule has 2 saturated carbocycles. The topological polar surface area (TPSA) is 17.1 Å². The van der Waals surface area contributed by atoms with Crippen LogP contribution in [0.5, 0.6) is 0 Å². The van der Waals surface area contributed by atoms with Crippen molar-refractivity contribution in [1.82, 2.24) is 0 Å². The molecule has 0 saturated heterocycles. The zero-order valence-electron chi connectivity index (χ0n) is 40.1. The van der Waals surface area contributed by atoms with Crippen LogP contribution in [-0.2, 0) is 15.6 Å². The molecular formula is C77H10O. The number of ketones is 1. The average Bonchev–Trinajstić information content (AvgIpc) is 1.52. The third-order valence-corrected chi connectivity index (χ3v) is 30.5. The zero-order valence-corrected chi connectivity index (χ0v) is 40.1. The molecule has 0 radical (unpaired) electrons. The largest absolute Gasteiger partial charge is 0.299 e. The Morgan fingerprint density at radius 1 is 0.231 bits per heavy atom. The summed E-state index contributed by atoms with van der Waals surface area (Å²) in [7, 11) is 0. The molecule has 1 nitrogen and oxygen atoms in total. The predicted octanol–water partition coefficient (Wildman–Crippen LogP) is 20.6. The van der Waals surface area contributed by atoms with Crippen molar-refractivity contribution in [3.05, 3.63) is 22.3 Å². The summed E-state index contributed by atoms with van der Waals surface area (Å²) in [6, 6.07) is 0. The second-order valence-corrected chi connectivity index (χ2v) is 30.2. The summed E-state index contributed by atoms with van der Waals surface area (Å²) in [5.41, 5.74) is 5.79. The lowest BCUT2D eigenvalue weighted by Crippen LogP contribution is -2.80. The van der Waals surface area contributed by atoms with Crippen LogP contribution in [-0.4, -0.2) is 5.78 Å². The van der Waals surface area contributed by atoms with Crippen LogP contribution < -0.4 is 0 Å². The van der Waals surface area contributed by atoms with Crippen molar-refractivity contribution < 1.29 is 4.79 Å². The Kier molecular flexibility index (Phi) is 2.23. The molecule has 6 aliphatic rings. The second-order valence-electron chi connectivity index (χ2n) is 30.2. The monoisotopic (exact) mass is 950 g/mol. The fourth-order valence-electron chi connectivity index (χ4n) is 30.9. The number of benzene rings is 23. The molecule has 324 valence electrons. The van der Waals surface area contributed by atoms with Crippen LogP contribution in [0.4, 0.5) is 0 Å². The fraction of sp³-hybridized carbons (Fsp3) is 0.104. The number of Topliss-reactive ketones (excluding diaryl/α,β-unsaturated/α-hetero) is 1. The Hall–Kier alpha value is -9.17. The van der Waals surface area contributed by atoms with E-state index in [1.54, 1.807) is 367 Å². The lowest BCUT2D eigenvalue weighted by Gasteiger charge is -2.77. The maximum Gasteiger partial charge on any atom is 0.137 e. The van der Waals surface area contributed by atoms with E-state index in [0.717, 1.165) is 19.3 Å². The molecule has 0 bridgehead atoms. The molecule has 2 unspecified atom stereocenters. The Morgan fingerprint density at radius 2 is 0.385 bits per heavy atom. The van der Waals surface area contributed by atoms with E-state index in [1.807, 2.05) is 0 Å². The van der Waals surface area contributed by atoms with Crippen LogP contribution in [0.15, 0.2) is 0 Å². The third-order valence-electron chi connectivity index (χ3n) is 30.5. The molecule has 2 fully saturated rings. The Bertz CT molecular complexity index is 8910. The van der Waals surface area contributed by atoms with Gasteiger partial charge in [-0.15, -0.1) is 0 Å². The first kappa shape index (κ1) is 28.3. The molecule has 0 aliphatic heterocycles. The first-order chi connectivity index (χ1) is 38.7. The lowest BCUT2D eigenvalue weighted by atomic mass is 9.22. The summed E-state index contributed by atoms with van der Waals surface area (Å²) in [5, 5.41) is 105. The van der Waals surface area contributed by atoms with Crippen molar-refractivity contribution in [2.24, 2.45) is 11.3 Å². The number of fused-ring (bicyclic) bond motifs is 1. The molecule has 4 atom stereocenters. The van der Waals surface area contributed by atoms with Gasteiger partial charge in [0.1, 0.15) is 5.78 Å². The van der Waals surface area contributed by atoms with Crippen molar-refractivity contribution in [3.8, 4) is 0 Å². The number of carbonyl (C=O) groups excluding carboxylic acids is 1. The van der Waals surface area contributed by atoms with Gasteiger partial charge in [0.15, 0.2) is 0 Å². The smallest absolute Gasteiger partial charge is 0.137 e. The summed E-state index contributed by atoms with van der Waals surface area (Å²) in [4.78, 5) is 16.4. The van der Waals surface area contributed by atoms with E-state index in [0.29, 0.717) is 5.78 Å². The number of hydrogen-bond acceptors (Lipinski definition) is 1. The standard InChI is InChI=1S/C77H10O/c1-75-4-2-3-5(78)74(75)76-70-62-54-43-32-22-12-7-6-8-10-9(7)16-20-21-17(10)26-23-13(8)19-15-11(6)14-18(12)28(32)39-35-25(14)27(15)36-41-29(19)33(23)47-48-37(26)42-31(21)38-30(20)40-34(24(16)22)44(43)55-50(40)57-51(38)61-53(42)60(48)69-68-59(47)52(41)58-46(36)45(35)56(49(39)54)64(70)66(58)72(68)77(75,76)73(69)67(61)65(57)71(76)63(55)62/h74H,2-4H2,1H3/t74-,75+,76?,77?/m0/s1. The molecule has 0 aromatic heterocycles. The van der Waals surface area contributed by atoms with Gasteiger partial charge in [-0.25, -0.2) is 0 Å². The molecule has 33 aromatic carbocycles. The highest BCUT2D eigenvalue weighted by Crippen LogP contribution is 2.93. The van der Waals surface area contributed by atoms with Gasteiger partial charge >= 0.3 is 0 Å². The van der Waals surface area contributed by atoms with Gasteiger partial charge in [0.05, 0.1) is 0 Å². The van der Waals surface area contributed by atoms with E-state index in [-0.39, 0.29) is 16.7 Å². The molecular weight excluding hydrogens is 941 g/mol. The van der Waals surface area contributed by atoms with Crippen molar-refractivity contribution in [2.45, 2.75) is 37.0 Å². The van der Waals surface area contributed by atoms with Crippen LogP contribution >= 0.6 is 0 Å². The molecule has 39 rings (SSSR count). The fourth-order valence-corrected chi connectivity index (χ4v) is 30.9. The maximum absolute atomic E-state index is 16.4. The first-order valence-electron chi connectivity index (χ1n) is 29.8. The Balaban J connectivity index is 1.16.